The average Bonchev–Trinajstić information content (AvgIpc) is 2.70. The Morgan fingerprint density at radius 3 is 2.57 bits per heavy atom. The Morgan fingerprint density at radius 2 is 1.86 bits per heavy atom. The normalized spacial score (nSPS) is 10.4. The minimum absolute atomic E-state index is 0.308. The zero-order chi connectivity index (χ0) is 20.4. The van der Waals surface area contributed by atoms with Gasteiger partial charge in [-0.3, -0.25) is 4.79 Å². The van der Waals surface area contributed by atoms with E-state index in [9.17, 15) is 4.79 Å². The summed E-state index contributed by atoms with van der Waals surface area (Å²) in [4.78, 5) is 12.7. The molecule has 1 N–H and O–H groups in total. The van der Waals surface area contributed by atoms with Gasteiger partial charge in [0.1, 0.15) is 6.61 Å². The van der Waals surface area contributed by atoms with Crippen LogP contribution in [0.4, 0.5) is 5.69 Å². The number of hydrogen-bond acceptors (Lipinski definition) is 5. The van der Waals surface area contributed by atoms with Crippen molar-refractivity contribution < 1.29 is 23.7 Å². The molecule has 0 fully saturated rings. The summed E-state index contributed by atoms with van der Waals surface area (Å²) in [5.41, 5.74) is 0.915. The number of methoxy groups -OCH3 is 2. The molecule has 0 aliphatic heterocycles. The number of para-hydroxylation sites is 1. The first-order valence-corrected chi connectivity index (χ1v) is 9.51. The van der Waals surface area contributed by atoms with Crippen molar-refractivity contribution in [2.24, 2.45) is 0 Å². The van der Waals surface area contributed by atoms with Gasteiger partial charge in [0, 0.05) is 12.7 Å². The summed E-state index contributed by atoms with van der Waals surface area (Å²) < 4.78 is 21.7. The van der Waals surface area contributed by atoms with E-state index in [2.05, 4.69) is 12.2 Å². The van der Waals surface area contributed by atoms with Crippen LogP contribution in [-0.4, -0.2) is 39.9 Å². The molecule has 28 heavy (non-hydrogen) atoms. The van der Waals surface area contributed by atoms with Crippen molar-refractivity contribution in [3.05, 3.63) is 47.0 Å². The van der Waals surface area contributed by atoms with Gasteiger partial charge in [0.25, 0.3) is 5.91 Å². The molecule has 0 saturated heterocycles. The van der Waals surface area contributed by atoms with E-state index in [0.717, 1.165) is 12.8 Å². The van der Waals surface area contributed by atoms with Gasteiger partial charge in [-0.2, -0.15) is 0 Å². The lowest BCUT2D eigenvalue weighted by Crippen LogP contribution is -2.14. The van der Waals surface area contributed by atoms with E-state index in [1.54, 1.807) is 50.6 Å². The molecule has 0 atom stereocenters. The van der Waals surface area contributed by atoms with Crippen molar-refractivity contribution in [3.8, 4) is 17.2 Å². The standard InChI is InChI=1S/C21H26ClNO5/c1-4-5-11-27-18-10-9-15(14-19(18)26-3)21(24)23-17-8-6-7-16(22)20(17)28-13-12-25-2/h6-10,14H,4-5,11-13H2,1-3H3,(H,23,24). The number of carbonyl (C=O) groups excluding carboxylic acids is 1. The molecule has 6 nitrogen and oxygen atoms in total. The predicted octanol–water partition coefficient (Wildman–Crippen LogP) is 4.81. The van der Waals surface area contributed by atoms with Gasteiger partial charge in [-0.25, -0.2) is 0 Å². The SMILES string of the molecule is CCCCOc1ccc(C(=O)Nc2cccc(Cl)c2OCCOC)cc1OC. The number of hydrogen-bond donors (Lipinski definition) is 1. The molecule has 0 aliphatic rings. The summed E-state index contributed by atoms with van der Waals surface area (Å²) in [7, 11) is 3.13. The van der Waals surface area contributed by atoms with Crippen LogP contribution in [-0.2, 0) is 4.74 Å². The number of anilines is 1. The molecule has 0 bridgehead atoms. The van der Waals surface area contributed by atoms with Crippen LogP contribution < -0.4 is 19.5 Å². The van der Waals surface area contributed by atoms with Crippen molar-refractivity contribution in [1.29, 1.82) is 0 Å². The third-order valence-corrected chi connectivity index (χ3v) is 4.23. The highest BCUT2D eigenvalue weighted by molar-refractivity contribution is 6.32. The van der Waals surface area contributed by atoms with Crippen LogP contribution >= 0.6 is 11.6 Å². The highest BCUT2D eigenvalue weighted by Crippen LogP contribution is 2.34. The third-order valence-electron chi connectivity index (χ3n) is 3.93. The van der Waals surface area contributed by atoms with Crippen LogP contribution in [0.5, 0.6) is 17.2 Å². The number of benzene rings is 2. The monoisotopic (exact) mass is 407 g/mol. The second-order valence-corrected chi connectivity index (χ2v) is 6.39. The van der Waals surface area contributed by atoms with Crippen molar-refractivity contribution in [2.75, 3.05) is 39.4 Å². The molecule has 0 aromatic heterocycles. The maximum absolute atomic E-state index is 12.7. The lowest BCUT2D eigenvalue weighted by atomic mass is 10.1. The van der Waals surface area contributed by atoms with Crippen LogP contribution in [0.2, 0.25) is 5.02 Å². The minimum Gasteiger partial charge on any atom is -0.493 e. The zero-order valence-corrected chi connectivity index (χ0v) is 17.2. The highest BCUT2D eigenvalue weighted by atomic mass is 35.5. The Bertz CT molecular complexity index is 781. The molecule has 2 rings (SSSR count). The molecule has 0 saturated carbocycles. The lowest BCUT2D eigenvalue weighted by Gasteiger charge is -2.15. The lowest BCUT2D eigenvalue weighted by molar-refractivity contribution is 0.102. The number of carbonyl (C=O) groups is 1. The third kappa shape index (κ3) is 6.04. The highest BCUT2D eigenvalue weighted by Gasteiger charge is 2.15. The van der Waals surface area contributed by atoms with Crippen LogP contribution in [0.1, 0.15) is 30.1 Å². The quantitative estimate of drug-likeness (QED) is 0.542. The van der Waals surface area contributed by atoms with Crippen molar-refractivity contribution in [3.63, 3.8) is 0 Å². The smallest absolute Gasteiger partial charge is 0.255 e. The van der Waals surface area contributed by atoms with Gasteiger partial charge in [0.15, 0.2) is 17.2 Å². The molecule has 2 aromatic rings. The number of unbranched alkanes of at least 4 members (excludes halogenated alkanes) is 1. The van der Waals surface area contributed by atoms with E-state index in [1.165, 1.54) is 0 Å². The van der Waals surface area contributed by atoms with Crippen LogP contribution in [0.3, 0.4) is 0 Å². The van der Waals surface area contributed by atoms with E-state index >= 15 is 0 Å². The Balaban J connectivity index is 2.15. The Morgan fingerprint density at radius 1 is 1.04 bits per heavy atom. The Labute approximate surface area is 170 Å². The summed E-state index contributed by atoms with van der Waals surface area (Å²) >= 11 is 6.21. The Hall–Kier alpha value is -2.44. The fourth-order valence-electron chi connectivity index (χ4n) is 2.43. The van der Waals surface area contributed by atoms with Crippen LogP contribution in [0.15, 0.2) is 36.4 Å². The van der Waals surface area contributed by atoms with E-state index in [4.69, 9.17) is 30.5 Å². The Kier molecular flexibility index (Phi) is 8.91. The van der Waals surface area contributed by atoms with Gasteiger partial charge in [0.2, 0.25) is 0 Å². The summed E-state index contributed by atoms with van der Waals surface area (Å²) in [5, 5.41) is 3.24. The molecule has 0 spiro atoms. The number of halogens is 1. The maximum atomic E-state index is 12.7. The van der Waals surface area contributed by atoms with E-state index < -0.39 is 0 Å². The molecule has 2 aromatic carbocycles. The number of amides is 1. The largest absolute Gasteiger partial charge is 0.493 e. The summed E-state index contributed by atoms with van der Waals surface area (Å²) in [6.07, 6.45) is 1.99. The van der Waals surface area contributed by atoms with Gasteiger partial charge >= 0.3 is 0 Å². The van der Waals surface area contributed by atoms with Gasteiger partial charge in [0.05, 0.1) is 31.0 Å². The second kappa shape index (κ2) is 11.4. The second-order valence-electron chi connectivity index (χ2n) is 5.98. The van der Waals surface area contributed by atoms with Crippen LogP contribution in [0.25, 0.3) is 0 Å². The maximum Gasteiger partial charge on any atom is 0.255 e. The van der Waals surface area contributed by atoms with Gasteiger partial charge in [-0.15, -0.1) is 0 Å². The zero-order valence-electron chi connectivity index (χ0n) is 16.4. The molecular weight excluding hydrogens is 382 g/mol. The first-order valence-electron chi connectivity index (χ1n) is 9.13. The molecule has 0 unspecified atom stereocenters. The summed E-state index contributed by atoms with van der Waals surface area (Å²) in [6.45, 7) is 3.43. The molecule has 1 amide bonds. The van der Waals surface area contributed by atoms with Gasteiger partial charge in [-0.05, 0) is 36.8 Å². The fourth-order valence-corrected chi connectivity index (χ4v) is 2.66. The number of nitrogens with one attached hydrogen (secondary N) is 1. The van der Waals surface area contributed by atoms with Crippen molar-refractivity contribution in [1.82, 2.24) is 0 Å². The molecule has 0 radical (unpaired) electrons. The molecular formula is C21H26ClNO5. The van der Waals surface area contributed by atoms with Gasteiger partial charge in [-0.1, -0.05) is 31.0 Å². The first kappa shape index (κ1) is 21.9. The number of rotatable bonds is 11. The topological polar surface area (TPSA) is 66.0 Å². The van der Waals surface area contributed by atoms with E-state index in [0.29, 0.717) is 53.3 Å². The van der Waals surface area contributed by atoms with Crippen molar-refractivity contribution in [2.45, 2.75) is 19.8 Å². The fraction of sp³-hybridized carbons (Fsp3) is 0.381. The average molecular weight is 408 g/mol. The van der Waals surface area contributed by atoms with E-state index in [-0.39, 0.29) is 5.91 Å². The summed E-state index contributed by atoms with van der Waals surface area (Å²) in [5.74, 6) is 1.21. The van der Waals surface area contributed by atoms with E-state index in [1.807, 2.05) is 0 Å². The van der Waals surface area contributed by atoms with Gasteiger partial charge < -0.3 is 24.3 Å². The minimum atomic E-state index is -0.308. The van der Waals surface area contributed by atoms with Crippen molar-refractivity contribution >= 4 is 23.2 Å². The first-order chi connectivity index (χ1) is 13.6. The van der Waals surface area contributed by atoms with Crippen LogP contribution in [0, 0.1) is 0 Å². The molecule has 0 heterocycles. The summed E-state index contributed by atoms with van der Waals surface area (Å²) in [6, 6.07) is 10.2. The number of ether oxygens (including phenoxy) is 4. The molecule has 0 aliphatic carbocycles. The molecule has 152 valence electrons. The molecule has 7 heteroatoms. The predicted molar refractivity (Wildman–Crippen MR) is 110 cm³/mol.